The molecule has 6 heteroatoms. The Labute approximate surface area is 149 Å². The summed E-state index contributed by atoms with van der Waals surface area (Å²) < 4.78 is 0. The molecule has 1 fully saturated rings. The van der Waals surface area contributed by atoms with Gasteiger partial charge in [-0.15, -0.1) is 11.3 Å². The molecular weight excluding hydrogens is 324 g/mol. The van der Waals surface area contributed by atoms with Crippen molar-refractivity contribution >= 4 is 29.1 Å². The lowest BCUT2D eigenvalue weighted by atomic mass is 10.2. The van der Waals surface area contributed by atoms with Crippen LogP contribution in [0.5, 0.6) is 0 Å². The van der Waals surface area contributed by atoms with Crippen LogP contribution in [0.3, 0.4) is 0 Å². The average Bonchev–Trinajstić information content (AvgIpc) is 3.25. The molecule has 130 valence electrons. The summed E-state index contributed by atoms with van der Waals surface area (Å²) in [4.78, 5) is 8.89. The number of nitrogens with zero attached hydrogens (tertiary/aromatic N) is 2. The van der Waals surface area contributed by atoms with Crippen LogP contribution in [0.1, 0.15) is 37.1 Å². The van der Waals surface area contributed by atoms with Crippen molar-refractivity contribution < 1.29 is 0 Å². The number of aliphatic imine (C=N–C) groups is 1. The Kier molecular flexibility index (Phi) is 8.86. The zero-order valence-corrected chi connectivity index (χ0v) is 16.0. The average molecular weight is 355 g/mol. The van der Waals surface area contributed by atoms with E-state index in [0.717, 1.165) is 25.6 Å². The molecule has 1 saturated heterocycles. The largest absolute Gasteiger partial charge is 0.357 e. The van der Waals surface area contributed by atoms with E-state index in [-0.39, 0.29) is 0 Å². The van der Waals surface area contributed by atoms with Crippen LogP contribution in [0.2, 0.25) is 0 Å². The second kappa shape index (κ2) is 10.9. The molecule has 2 N–H and O–H groups in total. The predicted octanol–water partition coefficient (Wildman–Crippen LogP) is 3.19. The van der Waals surface area contributed by atoms with Gasteiger partial charge in [0.25, 0.3) is 0 Å². The number of thioether (sulfide) groups is 1. The van der Waals surface area contributed by atoms with Crippen molar-refractivity contribution in [3.05, 3.63) is 22.4 Å². The first-order valence-electron chi connectivity index (χ1n) is 8.63. The van der Waals surface area contributed by atoms with Gasteiger partial charge < -0.3 is 10.6 Å². The molecule has 1 atom stereocenters. The molecule has 0 amide bonds. The Balaban J connectivity index is 1.95. The summed E-state index contributed by atoms with van der Waals surface area (Å²) in [5, 5.41) is 9.00. The lowest BCUT2D eigenvalue weighted by Gasteiger charge is -2.25. The third-order valence-corrected chi connectivity index (χ3v) is 5.71. The van der Waals surface area contributed by atoms with Crippen LogP contribution in [-0.2, 0) is 0 Å². The third-order valence-electron chi connectivity index (χ3n) is 4.04. The molecule has 0 aromatic carbocycles. The van der Waals surface area contributed by atoms with Crippen LogP contribution in [0.15, 0.2) is 22.5 Å². The van der Waals surface area contributed by atoms with Crippen LogP contribution in [0.25, 0.3) is 0 Å². The van der Waals surface area contributed by atoms with Gasteiger partial charge in [-0.1, -0.05) is 6.07 Å². The summed E-state index contributed by atoms with van der Waals surface area (Å²) in [6, 6.07) is 4.83. The number of hydrogen-bond acceptors (Lipinski definition) is 4. The molecule has 0 aliphatic carbocycles. The molecule has 0 spiro atoms. The smallest absolute Gasteiger partial charge is 0.191 e. The van der Waals surface area contributed by atoms with Crippen molar-refractivity contribution in [3.63, 3.8) is 0 Å². The fraction of sp³-hybridized carbons (Fsp3) is 0.706. The summed E-state index contributed by atoms with van der Waals surface area (Å²) in [6.45, 7) is 7.25. The van der Waals surface area contributed by atoms with E-state index in [2.05, 4.69) is 46.2 Å². The molecule has 1 aliphatic rings. The fourth-order valence-electron chi connectivity index (χ4n) is 2.86. The van der Waals surface area contributed by atoms with Crippen LogP contribution in [0.4, 0.5) is 0 Å². The molecule has 0 bridgehead atoms. The van der Waals surface area contributed by atoms with E-state index in [0.29, 0.717) is 6.04 Å². The van der Waals surface area contributed by atoms with Gasteiger partial charge in [0.1, 0.15) is 0 Å². The molecule has 1 aliphatic heterocycles. The number of rotatable bonds is 9. The Morgan fingerprint density at radius 1 is 1.39 bits per heavy atom. The van der Waals surface area contributed by atoms with E-state index < -0.39 is 0 Å². The molecule has 1 unspecified atom stereocenters. The van der Waals surface area contributed by atoms with Gasteiger partial charge in [0, 0.05) is 18.0 Å². The Bertz CT molecular complexity index is 441. The first-order chi connectivity index (χ1) is 11.3. The van der Waals surface area contributed by atoms with E-state index in [1.807, 2.05) is 23.1 Å². The maximum atomic E-state index is 4.86. The molecule has 4 nitrogen and oxygen atoms in total. The molecular formula is C17H30N4S2. The minimum atomic E-state index is 0.430. The van der Waals surface area contributed by atoms with Gasteiger partial charge in [-0.25, -0.2) is 0 Å². The van der Waals surface area contributed by atoms with Crippen molar-refractivity contribution in [1.29, 1.82) is 0 Å². The summed E-state index contributed by atoms with van der Waals surface area (Å²) in [6.07, 6.45) is 5.96. The monoisotopic (exact) mass is 354 g/mol. The normalized spacial score (nSPS) is 17.4. The highest BCUT2D eigenvalue weighted by molar-refractivity contribution is 7.98. The van der Waals surface area contributed by atoms with Gasteiger partial charge >= 0.3 is 0 Å². The Morgan fingerprint density at radius 3 is 2.87 bits per heavy atom. The minimum absolute atomic E-state index is 0.430. The highest BCUT2D eigenvalue weighted by Gasteiger charge is 2.24. The summed E-state index contributed by atoms with van der Waals surface area (Å²) in [5.74, 6) is 2.15. The van der Waals surface area contributed by atoms with Gasteiger partial charge in [-0.3, -0.25) is 9.89 Å². The van der Waals surface area contributed by atoms with E-state index in [1.54, 1.807) is 0 Å². The molecule has 0 radical (unpaired) electrons. The highest BCUT2D eigenvalue weighted by atomic mass is 32.2. The van der Waals surface area contributed by atoms with Crippen molar-refractivity contribution in [2.45, 2.75) is 32.2 Å². The molecule has 23 heavy (non-hydrogen) atoms. The summed E-state index contributed by atoms with van der Waals surface area (Å²) in [7, 11) is 0. The third kappa shape index (κ3) is 6.36. The Morgan fingerprint density at radius 2 is 2.22 bits per heavy atom. The standard InChI is InChI=1S/C17H30N4S2/c1-3-18-17(19-9-7-12-22-2)20-14-15(16-8-6-13-23-16)21-10-4-5-11-21/h6,8,13,15H,3-5,7,9-12,14H2,1-2H3,(H2,18,19,20). The first kappa shape index (κ1) is 18.6. The zero-order chi connectivity index (χ0) is 16.3. The van der Waals surface area contributed by atoms with Gasteiger partial charge in [0.15, 0.2) is 5.96 Å². The maximum absolute atomic E-state index is 4.86. The molecule has 1 aromatic rings. The highest BCUT2D eigenvalue weighted by Crippen LogP contribution is 2.28. The van der Waals surface area contributed by atoms with E-state index in [9.17, 15) is 0 Å². The minimum Gasteiger partial charge on any atom is -0.357 e. The lowest BCUT2D eigenvalue weighted by Crippen LogP contribution is -2.39. The van der Waals surface area contributed by atoms with Gasteiger partial charge in [0.05, 0.1) is 12.6 Å². The van der Waals surface area contributed by atoms with Crippen LogP contribution >= 0.6 is 23.1 Å². The second-order valence-corrected chi connectivity index (χ2v) is 7.73. The molecule has 1 aromatic heterocycles. The van der Waals surface area contributed by atoms with Gasteiger partial charge in [0.2, 0.25) is 0 Å². The van der Waals surface area contributed by atoms with Crippen molar-refractivity contribution in [2.75, 3.05) is 44.7 Å². The second-order valence-electron chi connectivity index (χ2n) is 5.77. The molecule has 2 heterocycles. The van der Waals surface area contributed by atoms with Crippen LogP contribution in [-0.4, -0.2) is 55.6 Å². The molecule has 2 rings (SSSR count). The van der Waals surface area contributed by atoms with E-state index in [4.69, 9.17) is 4.99 Å². The van der Waals surface area contributed by atoms with E-state index >= 15 is 0 Å². The number of likely N-dealkylation sites (tertiary alicyclic amines) is 1. The van der Waals surface area contributed by atoms with Crippen molar-refractivity contribution in [1.82, 2.24) is 15.5 Å². The van der Waals surface area contributed by atoms with Gasteiger partial charge in [-0.2, -0.15) is 11.8 Å². The Hall–Kier alpha value is -0.720. The lowest BCUT2D eigenvalue weighted by molar-refractivity contribution is 0.255. The fourth-order valence-corrected chi connectivity index (χ4v) is 4.15. The van der Waals surface area contributed by atoms with Crippen LogP contribution < -0.4 is 10.6 Å². The number of thiophene rings is 1. The summed E-state index contributed by atoms with van der Waals surface area (Å²) in [5.41, 5.74) is 0. The number of hydrogen-bond donors (Lipinski definition) is 2. The zero-order valence-electron chi connectivity index (χ0n) is 14.4. The molecule has 0 saturated carbocycles. The number of nitrogens with one attached hydrogen (secondary N) is 2. The van der Waals surface area contributed by atoms with Crippen LogP contribution in [0, 0.1) is 0 Å². The number of guanidine groups is 1. The van der Waals surface area contributed by atoms with Crippen molar-refractivity contribution in [2.24, 2.45) is 4.99 Å². The maximum Gasteiger partial charge on any atom is 0.191 e. The van der Waals surface area contributed by atoms with Crippen molar-refractivity contribution in [3.8, 4) is 0 Å². The van der Waals surface area contributed by atoms with Gasteiger partial charge in [-0.05, 0) is 62.7 Å². The topological polar surface area (TPSA) is 39.7 Å². The van der Waals surface area contributed by atoms with E-state index in [1.165, 1.54) is 43.0 Å². The summed E-state index contributed by atoms with van der Waals surface area (Å²) >= 11 is 3.75. The first-order valence-corrected chi connectivity index (χ1v) is 10.9. The SMILES string of the molecule is CCNC(=NCC(c1cccs1)N1CCCC1)NCCCSC. The quantitative estimate of drug-likeness (QED) is 0.406. The predicted molar refractivity (Wildman–Crippen MR) is 105 cm³/mol.